The van der Waals surface area contributed by atoms with Crippen molar-refractivity contribution in [3.63, 3.8) is 0 Å². The number of nitrogens with zero attached hydrogens (tertiary/aromatic N) is 4. The van der Waals surface area contributed by atoms with Gasteiger partial charge in [0.25, 0.3) is 6.71 Å². The summed E-state index contributed by atoms with van der Waals surface area (Å²) in [5.41, 5.74) is 37.7. The van der Waals surface area contributed by atoms with E-state index < -0.39 is 0 Å². The van der Waals surface area contributed by atoms with Crippen LogP contribution in [0.15, 0.2) is 461 Å². The molecule has 21 aromatic carbocycles. The maximum atomic E-state index is 2.73. The Morgan fingerprint density at radius 3 is 0.953 bits per heavy atom. The Morgan fingerprint density at radius 1 is 0.228 bits per heavy atom. The van der Waals surface area contributed by atoms with E-state index in [9.17, 15) is 0 Å². The smallest absolute Gasteiger partial charge is 0.252 e. The summed E-state index contributed by atoms with van der Waals surface area (Å²) in [5, 5.41) is 10.0. The van der Waals surface area contributed by atoms with Gasteiger partial charge in [-0.3, -0.25) is 0 Å². The van der Waals surface area contributed by atoms with Crippen LogP contribution in [0.1, 0.15) is 26.3 Å². The molecule has 0 aliphatic carbocycles. The predicted molar refractivity (Wildman–Crippen MR) is 541 cm³/mol. The molecule has 0 N–H and O–H groups in total. The molecule has 4 nitrogen and oxygen atoms in total. The van der Waals surface area contributed by atoms with Crippen LogP contribution < -0.4 is 31.1 Å². The van der Waals surface area contributed by atoms with Crippen molar-refractivity contribution in [2.75, 3.05) is 14.7 Å². The van der Waals surface area contributed by atoms with Gasteiger partial charge in [0.15, 0.2) is 0 Å². The highest BCUT2D eigenvalue weighted by Gasteiger charge is 2.47. The van der Waals surface area contributed by atoms with Crippen molar-refractivity contribution in [1.82, 2.24) is 4.57 Å². The normalized spacial score (nSPS) is 12.3. The zero-order valence-electron chi connectivity index (χ0n) is 70.7. The molecule has 0 unspecified atom stereocenters. The molecule has 0 saturated heterocycles. The van der Waals surface area contributed by atoms with E-state index in [4.69, 9.17) is 0 Å². The minimum atomic E-state index is -0.387. The quantitative estimate of drug-likeness (QED) is 0.0751. The highest BCUT2D eigenvalue weighted by Crippen LogP contribution is 2.57. The maximum absolute atomic E-state index is 2.73. The Morgan fingerprint density at radius 2 is 0.559 bits per heavy atom. The minimum Gasteiger partial charge on any atom is -0.310 e. The highest BCUT2D eigenvalue weighted by atomic mass is 15.2. The molecule has 0 spiro atoms. The van der Waals surface area contributed by atoms with Gasteiger partial charge in [-0.15, -0.1) is 0 Å². The first kappa shape index (κ1) is 74.7. The van der Waals surface area contributed by atoms with Gasteiger partial charge in [0.2, 0.25) is 0 Å². The van der Waals surface area contributed by atoms with Crippen molar-refractivity contribution in [2.24, 2.45) is 0 Å². The lowest BCUT2D eigenvalue weighted by molar-refractivity contribution is 0.591. The number of fused-ring (bicyclic) bond motifs is 7. The average molecular weight is 1620 g/mol. The van der Waals surface area contributed by atoms with Gasteiger partial charge in [-0.05, 0) is 241 Å². The highest BCUT2D eigenvalue weighted by molar-refractivity contribution is 7.00. The maximum Gasteiger partial charge on any atom is 0.252 e. The van der Waals surface area contributed by atoms with Crippen molar-refractivity contribution in [1.29, 1.82) is 0 Å². The van der Waals surface area contributed by atoms with Crippen LogP contribution in [0.4, 0.5) is 51.2 Å². The molecule has 1 aromatic heterocycles. The number of para-hydroxylation sites is 2. The van der Waals surface area contributed by atoms with Gasteiger partial charge in [0.05, 0.1) is 28.1 Å². The molecule has 22 aromatic rings. The fourth-order valence-electron chi connectivity index (χ4n) is 20.5. The predicted octanol–water partition coefficient (Wildman–Crippen LogP) is 31.5. The minimum absolute atomic E-state index is 0.0106. The van der Waals surface area contributed by atoms with Crippen LogP contribution in [0, 0.1) is 0 Å². The van der Waals surface area contributed by atoms with E-state index in [1.54, 1.807) is 0 Å². The number of benzene rings is 21. The first-order chi connectivity index (χ1) is 62.6. The lowest BCUT2D eigenvalue weighted by Gasteiger charge is -2.46. The summed E-state index contributed by atoms with van der Waals surface area (Å²) in [4.78, 5) is 7.96. The summed E-state index contributed by atoms with van der Waals surface area (Å²) >= 11 is 0. The van der Waals surface area contributed by atoms with Crippen LogP contribution in [-0.4, -0.2) is 11.3 Å². The standard InChI is InChI=1S/C122H85BN4/c1-122(2,3)98-70-93-54-52-91-68-95(69-92-53-55-94(71-98)118(93)117(91)92)90-60-67-113-110(76-90)123-109-66-65-101(125-111-50-30-28-48-103(111)104-49-29-31-51-112(104)125)77-114(109)127(121-107(88-44-24-10-25-45-88)74-97(83-38-18-7-19-39-83)75-108(121)89-46-26-11-27-47-89)116-79-102(124(99-61-56-84(57-62-99)80-32-12-4-13-33-80)100-63-58-85(59-64-100)81-34-14-5-15-35-81)78-115(119(116)123)126(113)120-105(86-40-20-8-21-41-86)72-96(82-36-16-6-17-37-82)73-106(120)87-42-22-9-23-43-87/h4-79H,1-3H3. The zero-order valence-corrected chi connectivity index (χ0v) is 70.7. The first-order valence-electron chi connectivity index (χ1n) is 44.2. The Balaban J connectivity index is 0.877. The van der Waals surface area contributed by atoms with Crippen molar-refractivity contribution < 1.29 is 0 Å². The molecular formula is C122H85BN4. The van der Waals surface area contributed by atoms with Gasteiger partial charge in [0, 0.05) is 72.8 Å². The third-order valence-corrected chi connectivity index (χ3v) is 26.6. The van der Waals surface area contributed by atoms with Gasteiger partial charge in [-0.25, -0.2) is 0 Å². The van der Waals surface area contributed by atoms with Crippen LogP contribution in [-0.2, 0) is 5.41 Å². The first-order valence-corrected chi connectivity index (χ1v) is 44.2. The number of hydrogen-bond donors (Lipinski definition) is 0. The van der Waals surface area contributed by atoms with Crippen LogP contribution in [0.25, 0.3) is 160 Å². The number of hydrogen-bond acceptors (Lipinski definition) is 3. The number of aromatic nitrogens is 1. The molecule has 0 amide bonds. The van der Waals surface area contributed by atoms with E-state index in [2.05, 4.69) is 501 Å². The van der Waals surface area contributed by atoms with Crippen molar-refractivity contribution in [3.05, 3.63) is 467 Å². The lowest BCUT2D eigenvalue weighted by Crippen LogP contribution is -2.61. The molecule has 3 heterocycles. The molecule has 0 fully saturated rings. The number of anilines is 9. The largest absolute Gasteiger partial charge is 0.310 e. The van der Waals surface area contributed by atoms with Crippen molar-refractivity contribution in [2.45, 2.75) is 26.2 Å². The Kier molecular flexibility index (Phi) is 17.9. The fraction of sp³-hybridized carbons (Fsp3) is 0.0328. The summed E-state index contributed by atoms with van der Waals surface area (Å²) < 4.78 is 2.51. The van der Waals surface area contributed by atoms with Gasteiger partial charge < -0.3 is 19.3 Å². The summed E-state index contributed by atoms with van der Waals surface area (Å²) in [6.45, 7) is 6.57. The second-order valence-electron chi connectivity index (χ2n) is 35.1. The summed E-state index contributed by atoms with van der Waals surface area (Å²) in [6.07, 6.45) is 0. The third kappa shape index (κ3) is 12.8. The topological polar surface area (TPSA) is 14.7 Å². The Bertz CT molecular complexity index is 7670. The average Bonchev–Trinajstić information content (AvgIpc) is 0.693. The van der Waals surface area contributed by atoms with Crippen molar-refractivity contribution in [3.8, 4) is 106 Å². The molecule has 24 rings (SSSR count). The molecule has 0 atom stereocenters. The Labute approximate surface area is 741 Å². The van der Waals surface area contributed by atoms with Gasteiger partial charge in [-0.2, -0.15) is 0 Å². The van der Waals surface area contributed by atoms with E-state index >= 15 is 0 Å². The lowest BCUT2D eigenvalue weighted by atomic mass is 9.33. The van der Waals surface area contributed by atoms with E-state index in [0.717, 1.165) is 168 Å². The molecule has 0 bridgehead atoms. The molecule has 2 aliphatic heterocycles. The molecule has 2 aliphatic rings. The molecule has 0 saturated carbocycles. The monoisotopic (exact) mass is 1620 g/mol. The van der Waals surface area contributed by atoms with Gasteiger partial charge in [0.1, 0.15) is 0 Å². The van der Waals surface area contributed by atoms with Crippen LogP contribution in [0.3, 0.4) is 0 Å². The summed E-state index contributed by atoms with van der Waals surface area (Å²) in [7, 11) is 0. The number of rotatable bonds is 15. The molecular weight excluding hydrogens is 1530 g/mol. The Hall–Kier alpha value is -16.1. The van der Waals surface area contributed by atoms with Crippen LogP contribution in [0.5, 0.6) is 0 Å². The SMILES string of the molecule is CC(C)(C)c1cc2ccc3cc(-c4ccc5c(c4)B4c6ccc(-n7c8ccccc8c8ccccc87)cc6N(c6c(-c7ccccc7)cc(-c7ccccc7)cc6-c6ccccc6)c6cc(N(c7ccc(-c8ccccc8)cc7)c7ccc(-c8ccccc8)cc7)cc(c64)N5c4c(-c5ccccc5)cc(-c5ccccc5)cc4-c4ccccc4)cc4ccc(c1)c2c34. The van der Waals surface area contributed by atoms with Gasteiger partial charge >= 0.3 is 0 Å². The second-order valence-corrected chi connectivity index (χ2v) is 35.1. The summed E-state index contributed by atoms with van der Waals surface area (Å²) in [5.74, 6) is 0. The van der Waals surface area contributed by atoms with Crippen molar-refractivity contribution >= 4 is 128 Å². The third-order valence-electron chi connectivity index (χ3n) is 26.6. The second kappa shape index (κ2) is 30.5. The van der Waals surface area contributed by atoms with Gasteiger partial charge in [-0.1, -0.05) is 379 Å². The molecule has 5 heteroatoms. The summed E-state index contributed by atoms with van der Waals surface area (Å²) in [6, 6.07) is 174. The van der Waals surface area contributed by atoms with Crippen LogP contribution in [0.2, 0.25) is 0 Å². The zero-order chi connectivity index (χ0) is 84.4. The molecule has 596 valence electrons. The fourth-order valence-corrected chi connectivity index (χ4v) is 20.5. The molecule has 127 heavy (non-hydrogen) atoms. The molecule has 0 radical (unpaired) electrons. The van der Waals surface area contributed by atoms with E-state index in [-0.39, 0.29) is 12.1 Å². The van der Waals surface area contributed by atoms with E-state index in [0.29, 0.717) is 0 Å². The van der Waals surface area contributed by atoms with Crippen LogP contribution >= 0.6 is 0 Å². The van der Waals surface area contributed by atoms with E-state index in [1.165, 1.54) is 65.0 Å². The van der Waals surface area contributed by atoms with E-state index in [1.807, 2.05) is 0 Å².